The molecule has 30 heavy (non-hydrogen) atoms. The summed E-state index contributed by atoms with van der Waals surface area (Å²) in [4.78, 5) is 14.4. The second-order valence-corrected chi connectivity index (χ2v) is 10.2. The molecule has 3 heterocycles. The first-order valence-electron chi connectivity index (χ1n) is 11.7. The number of anilines is 1. The molecule has 3 aliphatic rings. The van der Waals surface area contributed by atoms with Crippen LogP contribution in [0.3, 0.4) is 0 Å². The van der Waals surface area contributed by atoms with E-state index in [0.717, 1.165) is 42.9 Å². The largest absolute Gasteiger partial charge is 0.474 e. The van der Waals surface area contributed by atoms with Gasteiger partial charge in [0, 0.05) is 36.8 Å². The van der Waals surface area contributed by atoms with Crippen molar-refractivity contribution in [2.45, 2.75) is 89.7 Å². The number of fused-ring (bicyclic) bond motifs is 1. The summed E-state index contributed by atoms with van der Waals surface area (Å²) in [6, 6.07) is 0.468. The Labute approximate surface area is 179 Å². The Morgan fingerprint density at radius 2 is 1.77 bits per heavy atom. The monoisotopic (exact) mass is 410 g/mol. The molecule has 0 amide bonds. The summed E-state index contributed by atoms with van der Waals surface area (Å²) in [6.45, 7) is 6.15. The molecular formula is C24H34N4O2. The maximum Gasteiger partial charge on any atom is 0.224 e. The van der Waals surface area contributed by atoms with Gasteiger partial charge >= 0.3 is 0 Å². The van der Waals surface area contributed by atoms with Crippen molar-refractivity contribution in [3.8, 4) is 5.88 Å². The van der Waals surface area contributed by atoms with Crippen LogP contribution in [0.5, 0.6) is 5.88 Å². The van der Waals surface area contributed by atoms with Gasteiger partial charge < -0.3 is 14.8 Å². The van der Waals surface area contributed by atoms with Crippen LogP contribution < -0.4 is 10.1 Å². The maximum absolute atomic E-state index is 6.30. The van der Waals surface area contributed by atoms with Crippen LogP contribution in [-0.4, -0.2) is 40.3 Å². The van der Waals surface area contributed by atoms with E-state index >= 15 is 0 Å². The summed E-state index contributed by atoms with van der Waals surface area (Å²) in [7, 11) is 0. The number of ether oxygens (including phenoxy) is 2. The number of nitrogens with zero attached hydrogens (tertiary/aromatic N) is 3. The van der Waals surface area contributed by atoms with Crippen LogP contribution in [0.25, 0.3) is 10.9 Å². The first-order chi connectivity index (χ1) is 14.6. The smallest absolute Gasteiger partial charge is 0.224 e. The fourth-order valence-corrected chi connectivity index (χ4v) is 5.40. The first-order valence-corrected chi connectivity index (χ1v) is 11.7. The predicted octanol–water partition coefficient (Wildman–Crippen LogP) is 5.23. The van der Waals surface area contributed by atoms with Crippen LogP contribution in [0.2, 0.25) is 0 Å². The van der Waals surface area contributed by atoms with Gasteiger partial charge in [-0.1, -0.05) is 33.1 Å². The lowest BCUT2D eigenvalue weighted by Gasteiger charge is -2.42. The van der Waals surface area contributed by atoms with Crippen LogP contribution in [0, 0.1) is 5.41 Å². The molecule has 2 saturated carbocycles. The van der Waals surface area contributed by atoms with Gasteiger partial charge in [0.25, 0.3) is 0 Å². The number of nitrogens with one attached hydrogen (secondary N) is 1. The fraction of sp³-hybridized carbons (Fsp3) is 0.708. The third kappa shape index (κ3) is 4.25. The minimum Gasteiger partial charge on any atom is -0.474 e. The van der Waals surface area contributed by atoms with Crippen molar-refractivity contribution in [3.05, 3.63) is 18.0 Å². The molecule has 1 saturated heterocycles. The average Bonchev–Trinajstić information content (AvgIpc) is 2.74. The van der Waals surface area contributed by atoms with Crippen molar-refractivity contribution in [1.82, 2.24) is 15.0 Å². The average molecular weight is 411 g/mol. The van der Waals surface area contributed by atoms with Crippen LogP contribution in [-0.2, 0) is 4.74 Å². The van der Waals surface area contributed by atoms with E-state index in [1.54, 1.807) is 0 Å². The van der Waals surface area contributed by atoms with Gasteiger partial charge in [-0.15, -0.1) is 0 Å². The quantitative estimate of drug-likeness (QED) is 0.728. The topological polar surface area (TPSA) is 69.2 Å². The highest BCUT2D eigenvalue weighted by Gasteiger charge is 2.36. The van der Waals surface area contributed by atoms with E-state index < -0.39 is 0 Å². The zero-order valence-corrected chi connectivity index (χ0v) is 18.3. The first kappa shape index (κ1) is 20.0. The molecule has 0 atom stereocenters. The van der Waals surface area contributed by atoms with Gasteiger partial charge in [0.05, 0.1) is 24.1 Å². The summed E-state index contributed by atoms with van der Waals surface area (Å²) >= 11 is 0. The molecule has 2 aromatic rings. The molecule has 6 heteroatoms. The third-order valence-electron chi connectivity index (χ3n) is 7.04. The molecule has 162 valence electrons. The molecule has 5 rings (SSSR count). The zero-order valence-electron chi connectivity index (χ0n) is 18.3. The number of hydrogen-bond acceptors (Lipinski definition) is 6. The number of aromatic nitrogens is 3. The van der Waals surface area contributed by atoms with Crippen LogP contribution in [0.15, 0.2) is 12.4 Å². The highest BCUT2D eigenvalue weighted by atomic mass is 16.5. The van der Waals surface area contributed by atoms with Crippen molar-refractivity contribution in [2.24, 2.45) is 5.41 Å². The van der Waals surface area contributed by atoms with Gasteiger partial charge in [0.15, 0.2) is 0 Å². The molecule has 0 unspecified atom stereocenters. The van der Waals surface area contributed by atoms with Crippen molar-refractivity contribution in [1.29, 1.82) is 0 Å². The van der Waals surface area contributed by atoms with Gasteiger partial charge in [-0.05, 0) is 37.0 Å². The standard InChI is InChI=1S/C24H34N4O2/c1-24(2)12-17(13-24)27-23-26-15-20-21(28-23)19(16-6-4-3-5-7-16)14-25-22(20)30-18-8-10-29-11-9-18/h14-18H,3-13H2,1-2H3,(H,26,27,28). The van der Waals surface area contributed by atoms with Crippen molar-refractivity contribution in [3.63, 3.8) is 0 Å². The van der Waals surface area contributed by atoms with Crippen molar-refractivity contribution >= 4 is 16.9 Å². The van der Waals surface area contributed by atoms with E-state index in [0.29, 0.717) is 23.3 Å². The van der Waals surface area contributed by atoms with E-state index in [-0.39, 0.29) is 6.10 Å². The van der Waals surface area contributed by atoms with Gasteiger partial charge in [0.1, 0.15) is 6.10 Å². The molecule has 2 aliphatic carbocycles. The van der Waals surface area contributed by atoms with Gasteiger partial charge in [-0.3, -0.25) is 0 Å². The molecule has 6 nitrogen and oxygen atoms in total. The van der Waals surface area contributed by atoms with E-state index in [1.165, 1.54) is 50.5 Å². The maximum atomic E-state index is 6.30. The summed E-state index contributed by atoms with van der Waals surface area (Å²) in [5, 5.41) is 4.51. The molecule has 0 spiro atoms. The van der Waals surface area contributed by atoms with E-state index in [9.17, 15) is 0 Å². The molecule has 1 N–H and O–H groups in total. The zero-order chi connectivity index (χ0) is 20.6. The summed E-state index contributed by atoms with van der Waals surface area (Å²) in [6.07, 6.45) is 14.6. The summed E-state index contributed by atoms with van der Waals surface area (Å²) < 4.78 is 11.8. The third-order valence-corrected chi connectivity index (χ3v) is 7.04. The van der Waals surface area contributed by atoms with E-state index in [2.05, 4.69) is 24.1 Å². The van der Waals surface area contributed by atoms with Gasteiger partial charge in [-0.25, -0.2) is 15.0 Å². The number of rotatable bonds is 5. The second-order valence-electron chi connectivity index (χ2n) is 10.2. The normalized spacial score (nSPS) is 23.3. The summed E-state index contributed by atoms with van der Waals surface area (Å²) in [5.74, 6) is 1.95. The van der Waals surface area contributed by atoms with Crippen molar-refractivity contribution < 1.29 is 9.47 Å². The second kappa shape index (κ2) is 8.29. The van der Waals surface area contributed by atoms with Crippen LogP contribution >= 0.6 is 0 Å². The molecule has 3 fully saturated rings. The highest BCUT2D eigenvalue weighted by molar-refractivity contribution is 5.86. The lowest BCUT2D eigenvalue weighted by Crippen LogP contribution is -2.41. The SMILES string of the molecule is CC1(C)CC(Nc2ncc3c(OC4CCOCC4)ncc(C4CCCCC4)c3n2)C1. The van der Waals surface area contributed by atoms with E-state index in [4.69, 9.17) is 19.4 Å². The highest BCUT2D eigenvalue weighted by Crippen LogP contribution is 2.42. The Balaban J connectivity index is 1.46. The minimum absolute atomic E-state index is 0.157. The van der Waals surface area contributed by atoms with E-state index in [1.807, 2.05) is 12.4 Å². The van der Waals surface area contributed by atoms with Crippen LogP contribution in [0.1, 0.15) is 83.1 Å². The van der Waals surface area contributed by atoms with Gasteiger partial charge in [-0.2, -0.15) is 0 Å². The van der Waals surface area contributed by atoms with Crippen molar-refractivity contribution in [2.75, 3.05) is 18.5 Å². The Morgan fingerprint density at radius 3 is 2.50 bits per heavy atom. The Bertz CT molecular complexity index is 880. The number of pyridine rings is 1. The molecule has 0 radical (unpaired) electrons. The Kier molecular flexibility index (Phi) is 5.52. The Morgan fingerprint density at radius 1 is 1.00 bits per heavy atom. The van der Waals surface area contributed by atoms with Gasteiger partial charge in [0.2, 0.25) is 11.8 Å². The van der Waals surface area contributed by atoms with Crippen LogP contribution in [0.4, 0.5) is 5.95 Å². The molecule has 2 aromatic heterocycles. The Hall–Kier alpha value is -1.95. The lowest BCUT2D eigenvalue weighted by atomic mass is 9.68. The molecular weight excluding hydrogens is 376 g/mol. The lowest BCUT2D eigenvalue weighted by molar-refractivity contribution is 0.0244. The summed E-state index contributed by atoms with van der Waals surface area (Å²) in [5.41, 5.74) is 2.72. The molecule has 1 aliphatic heterocycles. The molecule has 0 aromatic carbocycles. The number of hydrogen-bond donors (Lipinski definition) is 1. The molecule has 0 bridgehead atoms. The minimum atomic E-state index is 0.157. The fourth-order valence-electron chi connectivity index (χ4n) is 5.40. The predicted molar refractivity (Wildman–Crippen MR) is 118 cm³/mol.